The minimum Gasteiger partial charge on any atom is -0.489 e. The molecule has 1 amide bonds. The first kappa shape index (κ1) is 21.0. The number of nitrogens with one attached hydrogen (secondary N) is 1. The second-order valence-corrected chi connectivity index (χ2v) is 6.42. The Morgan fingerprint density at radius 3 is 2.43 bits per heavy atom. The molecule has 1 atom stereocenters. The van der Waals surface area contributed by atoms with Crippen molar-refractivity contribution in [2.45, 2.75) is 19.6 Å². The van der Waals surface area contributed by atoms with Gasteiger partial charge in [0.25, 0.3) is 5.91 Å². The molecule has 0 saturated carbocycles. The molecule has 0 unspecified atom stereocenters. The van der Waals surface area contributed by atoms with E-state index >= 15 is 0 Å². The summed E-state index contributed by atoms with van der Waals surface area (Å²) < 4.78 is 37.8. The van der Waals surface area contributed by atoms with E-state index in [0.29, 0.717) is 11.3 Å². The normalized spacial score (nSPS) is 11.4. The van der Waals surface area contributed by atoms with Gasteiger partial charge in [-0.25, -0.2) is 13.6 Å². The highest BCUT2D eigenvalue weighted by Crippen LogP contribution is 2.18. The van der Waals surface area contributed by atoms with Crippen molar-refractivity contribution in [1.82, 2.24) is 0 Å². The Balaban J connectivity index is 1.65. The summed E-state index contributed by atoms with van der Waals surface area (Å²) in [6.45, 7) is 1.47. The zero-order chi connectivity index (χ0) is 21.5. The fraction of sp³-hybridized carbons (Fsp3) is 0.130. The average Bonchev–Trinajstić information content (AvgIpc) is 2.75. The van der Waals surface area contributed by atoms with Gasteiger partial charge in [0.05, 0.1) is 11.3 Å². The quantitative estimate of drug-likeness (QED) is 0.571. The maximum absolute atomic E-state index is 13.7. The summed E-state index contributed by atoms with van der Waals surface area (Å²) in [6, 6.07) is 18.5. The molecule has 0 saturated heterocycles. The number of esters is 1. The summed E-state index contributed by atoms with van der Waals surface area (Å²) >= 11 is 0. The van der Waals surface area contributed by atoms with Crippen molar-refractivity contribution in [1.29, 1.82) is 0 Å². The van der Waals surface area contributed by atoms with E-state index < -0.39 is 29.6 Å². The van der Waals surface area contributed by atoms with Gasteiger partial charge in [0.1, 0.15) is 24.0 Å². The SMILES string of the molecule is C[C@@H](OC(=O)c1ccccc1COc1ccccc1)C(=O)Nc1cc(F)ccc1F. The van der Waals surface area contributed by atoms with Crippen molar-refractivity contribution in [2.75, 3.05) is 5.32 Å². The lowest BCUT2D eigenvalue weighted by molar-refractivity contribution is -0.123. The summed E-state index contributed by atoms with van der Waals surface area (Å²) in [5.74, 6) is -2.38. The predicted octanol–water partition coefficient (Wildman–Crippen LogP) is 4.73. The van der Waals surface area contributed by atoms with Crippen molar-refractivity contribution in [3.63, 3.8) is 0 Å². The molecular formula is C23H19F2NO4. The highest BCUT2D eigenvalue weighted by molar-refractivity contribution is 5.97. The van der Waals surface area contributed by atoms with Crippen LogP contribution in [-0.4, -0.2) is 18.0 Å². The molecule has 3 aromatic rings. The van der Waals surface area contributed by atoms with E-state index in [9.17, 15) is 18.4 Å². The van der Waals surface area contributed by atoms with Gasteiger partial charge in [0.2, 0.25) is 0 Å². The standard InChI is InChI=1S/C23H19F2NO4/c1-15(22(27)26-21-13-17(24)11-12-20(21)25)30-23(28)19-10-6-5-7-16(19)14-29-18-8-3-2-4-9-18/h2-13,15H,14H2,1H3,(H,26,27)/t15-/m1/s1. The molecule has 0 aliphatic carbocycles. The largest absolute Gasteiger partial charge is 0.489 e. The third-order valence-corrected chi connectivity index (χ3v) is 4.21. The van der Waals surface area contributed by atoms with Gasteiger partial charge in [-0.05, 0) is 37.3 Å². The van der Waals surface area contributed by atoms with Gasteiger partial charge in [0, 0.05) is 11.6 Å². The highest BCUT2D eigenvalue weighted by Gasteiger charge is 2.22. The number of hydrogen-bond donors (Lipinski definition) is 1. The lowest BCUT2D eigenvalue weighted by atomic mass is 10.1. The molecule has 0 bridgehead atoms. The topological polar surface area (TPSA) is 64.6 Å². The predicted molar refractivity (Wildman–Crippen MR) is 107 cm³/mol. The molecule has 3 aromatic carbocycles. The molecule has 154 valence electrons. The molecule has 1 N–H and O–H groups in total. The van der Waals surface area contributed by atoms with Crippen molar-refractivity contribution in [3.8, 4) is 5.75 Å². The number of anilines is 1. The first-order valence-electron chi connectivity index (χ1n) is 9.16. The van der Waals surface area contributed by atoms with Crippen LogP contribution in [0.2, 0.25) is 0 Å². The summed E-state index contributed by atoms with van der Waals surface area (Å²) in [5, 5.41) is 2.21. The van der Waals surface area contributed by atoms with Crippen LogP contribution in [0.15, 0.2) is 72.8 Å². The fourth-order valence-corrected chi connectivity index (χ4v) is 2.63. The van der Waals surface area contributed by atoms with E-state index in [0.717, 1.165) is 18.2 Å². The summed E-state index contributed by atoms with van der Waals surface area (Å²) in [5.41, 5.74) is 0.486. The fourth-order valence-electron chi connectivity index (χ4n) is 2.63. The van der Waals surface area contributed by atoms with Crippen LogP contribution >= 0.6 is 0 Å². The molecular weight excluding hydrogens is 392 g/mol. The first-order valence-corrected chi connectivity index (χ1v) is 9.16. The summed E-state index contributed by atoms with van der Waals surface area (Å²) in [6.07, 6.45) is -1.23. The maximum Gasteiger partial charge on any atom is 0.339 e. The van der Waals surface area contributed by atoms with E-state index in [1.54, 1.807) is 36.4 Å². The zero-order valence-electron chi connectivity index (χ0n) is 16.1. The Labute approximate surface area is 172 Å². The molecule has 5 nitrogen and oxygen atoms in total. The van der Waals surface area contributed by atoms with Gasteiger partial charge in [0.15, 0.2) is 6.10 Å². The number of rotatable bonds is 7. The van der Waals surface area contributed by atoms with Gasteiger partial charge >= 0.3 is 5.97 Å². The molecule has 0 aromatic heterocycles. The van der Waals surface area contributed by atoms with Crippen LogP contribution in [-0.2, 0) is 16.1 Å². The second kappa shape index (κ2) is 9.65. The van der Waals surface area contributed by atoms with Gasteiger partial charge in [-0.1, -0.05) is 36.4 Å². The number of carbonyl (C=O) groups excluding carboxylic acids is 2. The number of halogens is 2. The summed E-state index contributed by atoms with van der Waals surface area (Å²) in [7, 11) is 0. The Hall–Kier alpha value is -3.74. The van der Waals surface area contributed by atoms with Gasteiger partial charge in [-0.15, -0.1) is 0 Å². The lowest BCUT2D eigenvalue weighted by Gasteiger charge is -2.15. The van der Waals surface area contributed by atoms with Crippen LogP contribution in [0.4, 0.5) is 14.5 Å². The van der Waals surface area contributed by atoms with Crippen molar-refractivity contribution in [2.24, 2.45) is 0 Å². The Kier molecular flexibility index (Phi) is 6.75. The Morgan fingerprint density at radius 1 is 0.967 bits per heavy atom. The first-order chi connectivity index (χ1) is 14.4. The smallest absolute Gasteiger partial charge is 0.339 e. The van der Waals surface area contributed by atoms with Crippen LogP contribution < -0.4 is 10.1 Å². The van der Waals surface area contributed by atoms with Gasteiger partial charge in [-0.3, -0.25) is 4.79 Å². The maximum atomic E-state index is 13.7. The number of benzene rings is 3. The van der Waals surface area contributed by atoms with Crippen molar-refractivity contribution >= 4 is 17.6 Å². The summed E-state index contributed by atoms with van der Waals surface area (Å²) in [4.78, 5) is 24.8. The van der Waals surface area contributed by atoms with E-state index in [4.69, 9.17) is 9.47 Å². The van der Waals surface area contributed by atoms with Gasteiger partial charge in [-0.2, -0.15) is 0 Å². The second-order valence-electron chi connectivity index (χ2n) is 6.42. The van der Waals surface area contributed by atoms with Crippen LogP contribution in [0.1, 0.15) is 22.8 Å². The van der Waals surface area contributed by atoms with E-state index in [2.05, 4.69) is 5.32 Å². The monoisotopic (exact) mass is 411 g/mol. The van der Waals surface area contributed by atoms with E-state index in [1.165, 1.54) is 6.92 Å². The molecule has 30 heavy (non-hydrogen) atoms. The van der Waals surface area contributed by atoms with Gasteiger partial charge < -0.3 is 14.8 Å². The minimum atomic E-state index is -1.23. The van der Waals surface area contributed by atoms with Crippen LogP contribution in [0.5, 0.6) is 5.75 Å². The number of para-hydroxylation sites is 1. The molecule has 0 aliphatic heterocycles. The van der Waals surface area contributed by atoms with E-state index in [1.807, 2.05) is 18.2 Å². The number of amides is 1. The molecule has 0 fully saturated rings. The number of carbonyl (C=O) groups is 2. The Bertz CT molecular complexity index is 1040. The highest BCUT2D eigenvalue weighted by atomic mass is 19.1. The number of hydrogen-bond acceptors (Lipinski definition) is 4. The molecule has 7 heteroatoms. The minimum absolute atomic E-state index is 0.129. The lowest BCUT2D eigenvalue weighted by Crippen LogP contribution is -2.30. The van der Waals surface area contributed by atoms with Crippen molar-refractivity contribution in [3.05, 3.63) is 95.6 Å². The van der Waals surface area contributed by atoms with Crippen molar-refractivity contribution < 1.29 is 27.8 Å². The molecule has 0 radical (unpaired) electrons. The average molecular weight is 411 g/mol. The number of ether oxygens (including phenoxy) is 2. The Morgan fingerprint density at radius 2 is 1.67 bits per heavy atom. The van der Waals surface area contributed by atoms with E-state index in [-0.39, 0.29) is 17.9 Å². The van der Waals surface area contributed by atoms with Crippen LogP contribution in [0.25, 0.3) is 0 Å². The molecule has 0 aliphatic rings. The molecule has 3 rings (SSSR count). The third-order valence-electron chi connectivity index (χ3n) is 4.21. The third kappa shape index (κ3) is 5.41. The van der Waals surface area contributed by atoms with Crippen LogP contribution in [0.3, 0.4) is 0 Å². The molecule has 0 heterocycles. The molecule has 0 spiro atoms. The van der Waals surface area contributed by atoms with Crippen LogP contribution in [0, 0.1) is 11.6 Å². The zero-order valence-corrected chi connectivity index (χ0v) is 16.1.